The zero-order chi connectivity index (χ0) is 15.6. The summed E-state index contributed by atoms with van der Waals surface area (Å²) in [6.07, 6.45) is 7.98. The van der Waals surface area contributed by atoms with E-state index in [-0.39, 0.29) is 0 Å². The minimum atomic E-state index is -0.920. The van der Waals surface area contributed by atoms with Gasteiger partial charge in [0.05, 0.1) is 17.9 Å². The highest BCUT2D eigenvalue weighted by molar-refractivity contribution is 5.76. The highest BCUT2D eigenvalue weighted by Crippen LogP contribution is 2.24. The lowest BCUT2D eigenvalue weighted by Gasteiger charge is -2.34. The summed E-state index contributed by atoms with van der Waals surface area (Å²) >= 11 is 0. The molecule has 5 heteroatoms. The van der Waals surface area contributed by atoms with Gasteiger partial charge in [-0.1, -0.05) is 0 Å². The fourth-order valence-corrected chi connectivity index (χ4v) is 2.80. The summed E-state index contributed by atoms with van der Waals surface area (Å²) in [6, 6.07) is 4.36. The second kappa shape index (κ2) is 6.18. The van der Waals surface area contributed by atoms with E-state index in [1.54, 1.807) is 20.0 Å². The van der Waals surface area contributed by atoms with Crippen LogP contribution in [0.25, 0.3) is 5.70 Å². The van der Waals surface area contributed by atoms with Crippen molar-refractivity contribution in [3.63, 3.8) is 0 Å². The summed E-state index contributed by atoms with van der Waals surface area (Å²) in [4.78, 5) is 11.2. The molecule has 5 nitrogen and oxygen atoms in total. The van der Waals surface area contributed by atoms with E-state index in [2.05, 4.69) is 21.1 Å². The summed E-state index contributed by atoms with van der Waals surface area (Å²) in [5.41, 5.74) is 1.64. The standard InChI is InChI=1S/C17H23N3O2/c1-17(2,21)16-4-3-13(11-19-16)15-12-20(8-7-18-15)14-5-9-22-10-6-14/h3-4,7,11-12,14,21H,5-6,8-10H2,1-2H3. The number of nitrogens with zero attached hydrogens (tertiary/aromatic N) is 3. The van der Waals surface area contributed by atoms with Gasteiger partial charge in [-0.25, -0.2) is 0 Å². The second-order valence-electron chi connectivity index (χ2n) is 6.36. The van der Waals surface area contributed by atoms with E-state index in [4.69, 9.17) is 4.74 Å². The molecule has 0 spiro atoms. The highest BCUT2D eigenvalue weighted by atomic mass is 16.5. The van der Waals surface area contributed by atoms with Gasteiger partial charge in [-0.3, -0.25) is 9.98 Å². The maximum atomic E-state index is 9.98. The number of aliphatic imine (C=N–C) groups is 1. The van der Waals surface area contributed by atoms with E-state index in [1.807, 2.05) is 18.3 Å². The van der Waals surface area contributed by atoms with E-state index in [0.717, 1.165) is 43.9 Å². The molecule has 2 aliphatic rings. The van der Waals surface area contributed by atoms with Crippen molar-refractivity contribution in [1.82, 2.24) is 9.88 Å². The third-order valence-electron chi connectivity index (χ3n) is 4.16. The Morgan fingerprint density at radius 1 is 1.27 bits per heavy atom. The molecular formula is C17H23N3O2. The third-order valence-corrected chi connectivity index (χ3v) is 4.16. The van der Waals surface area contributed by atoms with E-state index in [9.17, 15) is 5.11 Å². The molecule has 1 aromatic heterocycles. The summed E-state index contributed by atoms with van der Waals surface area (Å²) < 4.78 is 5.43. The molecule has 3 rings (SSSR count). The first-order chi connectivity index (χ1) is 10.5. The molecule has 0 amide bonds. The molecule has 1 fully saturated rings. The largest absolute Gasteiger partial charge is 0.384 e. The topological polar surface area (TPSA) is 58.0 Å². The van der Waals surface area contributed by atoms with Gasteiger partial charge >= 0.3 is 0 Å². The zero-order valence-electron chi connectivity index (χ0n) is 13.2. The average Bonchev–Trinajstić information content (AvgIpc) is 2.55. The molecule has 3 heterocycles. The molecule has 1 aromatic rings. The van der Waals surface area contributed by atoms with Crippen LogP contribution in [0.3, 0.4) is 0 Å². The Morgan fingerprint density at radius 2 is 2.05 bits per heavy atom. The lowest BCUT2D eigenvalue weighted by atomic mass is 10.0. The molecule has 0 unspecified atom stereocenters. The molecule has 118 valence electrons. The van der Waals surface area contributed by atoms with Crippen LogP contribution in [0, 0.1) is 0 Å². The zero-order valence-corrected chi connectivity index (χ0v) is 13.2. The molecule has 0 saturated carbocycles. The Balaban J connectivity index is 1.78. The monoisotopic (exact) mass is 301 g/mol. The van der Waals surface area contributed by atoms with Crippen molar-refractivity contribution in [3.8, 4) is 0 Å². The van der Waals surface area contributed by atoms with Gasteiger partial charge < -0.3 is 14.7 Å². The van der Waals surface area contributed by atoms with Crippen molar-refractivity contribution >= 4 is 11.9 Å². The Labute approximate surface area is 131 Å². The predicted octanol–water partition coefficient (Wildman–Crippen LogP) is 2.17. The Kier molecular flexibility index (Phi) is 4.27. The van der Waals surface area contributed by atoms with Gasteiger partial charge in [-0.15, -0.1) is 0 Å². The molecule has 0 bridgehead atoms. The number of aliphatic hydroxyl groups is 1. The first-order valence-corrected chi connectivity index (χ1v) is 7.81. The van der Waals surface area contributed by atoms with Crippen molar-refractivity contribution < 1.29 is 9.84 Å². The first kappa shape index (κ1) is 15.2. The minimum Gasteiger partial charge on any atom is -0.384 e. The summed E-state index contributed by atoms with van der Waals surface area (Å²) in [5, 5.41) is 9.98. The summed E-state index contributed by atoms with van der Waals surface area (Å²) in [6.45, 7) is 6.00. The van der Waals surface area contributed by atoms with Gasteiger partial charge in [0.25, 0.3) is 0 Å². The van der Waals surface area contributed by atoms with E-state index < -0.39 is 5.60 Å². The molecule has 22 heavy (non-hydrogen) atoms. The van der Waals surface area contributed by atoms with Crippen molar-refractivity contribution in [2.75, 3.05) is 19.8 Å². The van der Waals surface area contributed by atoms with E-state index >= 15 is 0 Å². The first-order valence-electron chi connectivity index (χ1n) is 7.81. The number of rotatable bonds is 3. The van der Waals surface area contributed by atoms with Crippen LogP contribution in [0.5, 0.6) is 0 Å². The van der Waals surface area contributed by atoms with Crippen molar-refractivity contribution in [2.24, 2.45) is 4.99 Å². The van der Waals surface area contributed by atoms with Crippen LogP contribution in [0.1, 0.15) is 37.9 Å². The van der Waals surface area contributed by atoms with Crippen LogP contribution < -0.4 is 0 Å². The molecule has 0 aromatic carbocycles. The number of pyridine rings is 1. The van der Waals surface area contributed by atoms with Crippen LogP contribution >= 0.6 is 0 Å². The van der Waals surface area contributed by atoms with Gasteiger partial charge in [0, 0.05) is 43.4 Å². The molecule has 1 saturated heterocycles. The maximum absolute atomic E-state index is 9.98. The molecular weight excluding hydrogens is 278 g/mol. The molecule has 0 aliphatic carbocycles. The van der Waals surface area contributed by atoms with Crippen molar-refractivity contribution in [1.29, 1.82) is 0 Å². The number of aromatic nitrogens is 1. The SMILES string of the molecule is CC(C)(O)c1ccc(C2=CN(C3CCOCC3)CC=N2)cn1. The Bertz CT molecular complexity index is 567. The van der Waals surface area contributed by atoms with Gasteiger partial charge in [0.1, 0.15) is 5.60 Å². The summed E-state index contributed by atoms with van der Waals surface area (Å²) in [5.74, 6) is 0. The number of hydrogen-bond donors (Lipinski definition) is 1. The number of ether oxygens (including phenoxy) is 1. The van der Waals surface area contributed by atoms with Crippen LogP contribution in [0.2, 0.25) is 0 Å². The van der Waals surface area contributed by atoms with E-state index in [1.165, 1.54) is 0 Å². The van der Waals surface area contributed by atoms with Gasteiger partial charge in [-0.2, -0.15) is 0 Å². The minimum absolute atomic E-state index is 0.527. The fourth-order valence-electron chi connectivity index (χ4n) is 2.80. The molecule has 0 radical (unpaired) electrons. The lowest BCUT2D eigenvalue weighted by Crippen LogP contribution is -2.38. The molecule has 1 N–H and O–H groups in total. The quantitative estimate of drug-likeness (QED) is 0.929. The van der Waals surface area contributed by atoms with Crippen LogP contribution in [-0.2, 0) is 10.3 Å². The molecule has 0 atom stereocenters. The van der Waals surface area contributed by atoms with Crippen LogP contribution in [0.15, 0.2) is 29.5 Å². The predicted molar refractivity (Wildman–Crippen MR) is 86.5 cm³/mol. The average molecular weight is 301 g/mol. The van der Waals surface area contributed by atoms with Gasteiger partial charge in [-0.05, 0) is 38.8 Å². The van der Waals surface area contributed by atoms with E-state index in [0.29, 0.717) is 11.7 Å². The maximum Gasteiger partial charge on any atom is 0.101 e. The van der Waals surface area contributed by atoms with Crippen LogP contribution in [0.4, 0.5) is 0 Å². The molecule has 2 aliphatic heterocycles. The van der Waals surface area contributed by atoms with Crippen LogP contribution in [-0.4, -0.2) is 47.0 Å². The van der Waals surface area contributed by atoms with Crippen molar-refractivity contribution in [2.45, 2.75) is 38.3 Å². The fraction of sp³-hybridized carbons (Fsp3) is 0.529. The van der Waals surface area contributed by atoms with Crippen molar-refractivity contribution in [3.05, 3.63) is 35.8 Å². The highest BCUT2D eigenvalue weighted by Gasteiger charge is 2.22. The normalized spacial score (nSPS) is 20.1. The van der Waals surface area contributed by atoms with Gasteiger partial charge in [0.2, 0.25) is 0 Å². The Hall–Kier alpha value is -1.72. The Morgan fingerprint density at radius 3 is 2.68 bits per heavy atom. The smallest absolute Gasteiger partial charge is 0.101 e. The third kappa shape index (κ3) is 3.36. The lowest BCUT2D eigenvalue weighted by molar-refractivity contribution is 0.0534. The second-order valence-corrected chi connectivity index (χ2v) is 6.36. The summed E-state index contributed by atoms with van der Waals surface area (Å²) in [7, 11) is 0. The number of hydrogen-bond acceptors (Lipinski definition) is 5. The van der Waals surface area contributed by atoms with Gasteiger partial charge in [0.15, 0.2) is 0 Å².